The molecule has 7 nitrogen and oxygen atoms in total. The van der Waals surface area contributed by atoms with Crippen molar-refractivity contribution in [1.29, 1.82) is 0 Å². The standard InChI is InChI=1S/C26H20FN3O4S/c1-16-6-9-18(10-7-16)30-25(32)21(12-17-8-11-22-23(13-17)34-15-33-22)29-26(30)35-14-24(31)28-20-5-3-2-4-19(20)27/h2-13H,14-15H2,1H3,(H,28,31). The van der Waals surface area contributed by atoms with Crippen LogP contribution in [0, 0.1) is 12.7 Å². The van der Waals surface area contributed by atoms with Crippen molar-refractivity contribution in [3.05, 3.63) is 89.4 Å². The highest BCUT2D eigenvalue weighted by Gasteiger charge is 2.32. The van der Waals surface area contributed by atoms with E-state index < -0.39 is 11.7 Å². The average Bonchev–Trinajstić information content (AvgIpc) is 3.44. The molecular formula is C26H20FN3O4S. The van der Waals surface area contributed by atoms with Crippen LogP contribution in [0.2, 0.25) is 0 Å². The summed E-state index contributed by atoms with van der Waals surface area (Å²) in [4.78, 5) is 31.8. The van der Waals surface area contributed by atoms with Crippen LogP contribution in [-0.4, -0.2) is 29.5 Å². The second kappa shape index (κ2) is 9.63. The van der Waals surface area contributed by atoms with Gasteiger partial charge in [-0.1, -0.05) is 47.7 Å². The number of amidine groups is 1. The molecule has 3 aromatic rings. The van der Waals surface area contributed by atoms with Crippen molar-refractivity contribution < 1.29 is 23.5 Å². The molecule has 0 saturated carbocycles. The molecule has 2 heterocycles. The number of ether oxygens (including phenoxy) is 2. The van der Waals surface area contributed by atoms with E-state index in [1.807, 2.05) is 37.3 Å². The highest BCUT2D eigenvalue weighted by atomic mass is 32.2. The van der Waals surface area contributed by atoms with E-state index in [1.54, 1.807) is 30.3 Å². The fourth-order valence-electron chi connectivity index (χ4n) is 3.55. The van der Waals surface area contributed by atoms with Gasteiger partial charge in [0.05, 0.1) is 17.1 Å². The lowest BCUT2D eigenvalue weighted by Gasteiger charge is -2.18. The summed E-state index contributed by atoms with van der Waals surface area (Å²) < 4.78 is 24.6. The van der Waals surface area contributed by atoms with Crippen LogP contribution in [0.3, 0.4) is 0 Å². The predicted molar refractivity (Wildman–Crippen MR) is 134 cm³/mol. The predicted octanol–water partition coefficient (Wildman–Crippen LogP) is 4.98. The number of carbonyl (C=O) groups excluding carboxylic acids is 2. The number of aliphatic imine (C=N–C) groups is 1. The minimum Gasteiger partial charge on any atom is -0.454 e. The van der Waals surface area contributed by atoms with Crippen molar-refractivity contribution in [3.63, 3.8) is 0 Å². The van der Waals surface area contributed by atoms with Gasteiger partial charge >= 0.3 is 0 Å². The number of hydrogen-bond donors (Lipinski definition) is 1. The van der Waals surface area contributed by atoms with Gasteiger partial charge in [0.15, 0.2) is 16.7 Å². The van der Waals surface area contributed by atoms with E-state index in [2.05, 4.69) is 10.3 Å². The summed E-state index contributed by atoms with van der Waals surface area (Å²) in [5.74, 6) is -0.0548. The van der Waals surface area contributed by atoms with Crippen LogP contribution in [0.1, 0.15) is 11.1 Å². The number of fused-ring (bicyclic) bond motifs is 1. The summed E-state index contributed by atoms with van der Waals surface area (Å²) in [6.45, 7) is 2.11. The Morgan fingerprint density at radius 1 is 1.11 bits per heavy atom. The van der Waals surface area contributed by atoms with E-state index >= 15 is 0 Å². The van der Waals surface area contributed by atoms with E-state index in [9.17, 15) is 14.0 Å². The lowest BCUT2D eigenvalue weighted by molar-refractivity contribution is -0.114. The largest absolute Gasteiger partial charge is 0.454 e. The first kappa shape index (κ1) is 22.7. The van der Waals surface area contributed by atoms with E-state index in [-0.39, 0.29) is 29.8 Å². The molecule has 35 heavy (non-hydrogen) atoms. The van der Waals surface area contributed by atoms with Crippen LogP contribution in [0.15, 0.2) is 77.4 Å². The van der Waals surface area contributed by atoms with Crippen LogP contribution in [-0.2, 0) is 9.59 Å². The average molecular weight is 490 g/mol. The number of hydrogen-bond acceptors (Lipinski definition) is 6. The first-order valence-corrected chi connectivity index (χ1v) is 11.7. The number of rotatable bonds is 5. The monoisotopic (exact) mass is 489 g/mol. The van der Waals surface area contributed by atoms with E-state index in [4.69, 9.17) is 9.47 Å². The van der Waals surface area contributed by atoms with E-state index in [0.717, 1.165) is 22.9 Å². The summed E-state index contributed by atoms with van der Waals surface area (Å²) in [5, 5.41) is 2.90. The number of anilines is 2. The summed E-state index contributed by atoms with van der Waals surface area (Å²) in [5.41, 5.74) is 2.74. The zero-order valence-electron chi connectivity index (χ0n) is 18.7. The zero-order chi connectivity index (χ0) is 24.4. The third-order valence-corrected chi connectivity index (χ3v) is 6.24. The van der Waals surface area contributed by atoms with Gasteiger partial charge in [-0.3, -0.25) is 14.5 Å². The van der Waals surface area contributed by atoms with Gasteiger partial charge in [-0.25, -0.2) is 9.38 Å². The molecular weight excluding hydrogens is 469 g/mol. The molecule has 176 valence electrons. The van der Waals surface area contributed by atoms with Gasteiger partial charge in [-0.05, 0) is 55.0 Å². The molecule has 0 unspecified atom stereocenters. The van der Waals surface area contributed by atoms with Gasteiger partial charge in [-0.2, -0.15) is 0 Å². The summed E-state index contributed by atoms with van der Waals surface area (Å²) >= 11 is 1.10. The lowest BCUT2D eigenvalue weighted by Crippen LogP contribution is -2.31. The van der Waals surface area contributed by atoms with Crippen molar-refractivity contribution >= 4 is 46.2 Å². The molecule has 2 aliphatic rings. The highest BCUT2D eigenvalue weighted by Crippen LogP contribution is 2.34. The Bertz CT molecular complexity index is 1370. The smallest absolute Gasteiger partial charge is 0.283 e. The molecule has 9 heteroatoms. The van der Waals surface area contributed by atoms with Gasteiger partial charge < -0.3 is 14.8 Å². The molecule has 2 amide bonds. The summed E-state index contributed by atoms with van der Waals surface area (Å²) in [6.07, 6.45) is 1.67. The Morgan fingerprint density at radius 3 is 2.69 bits per heavy atom. The van der Waals surface area contributed by atoms with Crippen molar-refractivity contribution in [3.8, 4) is 11.5 Å². The maximum atomic E-state index is 13.9. The summed E-state index contributed by atoms with van der Waals surface area (Å²) in [6, 6.07) is 18.8. The fraction of sp³-hybridized carbons (Fsp3) is 0.115. The zero-order valence-corrected chi connectivity index (χ0v) is 19.5. The van der Waals surface area contributed by atoms with Gasteiger partial charge in [0.1, 0.15) is 11.5 Å². The normalized spacial score (nSPS) is 15.5. The first-order valence-electron chi connectivity index (χ1n) is 10.8. The number of halogens is 1. The Labute approximate surface area is 205 Å². The van der Waals surface area contributed by atoms with Crippen LogP contribution in [0.5, 0.6) is 11.5 Å². The Kier molecular flexibility index (Phi) is 6.24. The molecule has 0 aromatic heterocycles. The maximum Gasteiger partial charge on any atom is 0.283 e. The molecule has 0 fully saturated rings. The third kappa shape index (κ3) is 4.90. The Hall–Kier alpha value is -4.11. The Morgan fingerprint density at radius 2 is 1.89 bits per heavy atom. The minimum atomic E-state index is -0.519. The molecule has 5 rings (SSSR count). The molecule has 1 N–H and O–H groups in total. The topological polar surface area (TPSA) is 80.2 Å². The molecule has 3 aromatic carbocycles. The molecule has 0 bridgehead atoms. The number of para-hydroxylation sites is 1. The first-order chi connectivity index (χ1) is 17.0. The maximum absolute atomic E-state index is 13.9. The van der Waals surface area contributed by atoms with Crippen LogP contribution in [0.4, 0.5) is 15.8 Å². The van der Waals surface area contributed by atoms with Gasteiger partial charge in [-0.15, -0.1) is 0 Å². The number of carbonyl (C=O) groups is 2. The lowest BCUT2D eigenvalue weighted by atomic mass is 10.1. The molecule has 2 aliphatic heterocycles. The van der Waals surface area contributed by atoms with Crippen molar-refractivity contribution in [2.45, 2.75) is 6.92 Å². The summed E-state index contributed by atoms with van der Waals surface area (Å²) in [7, 11) is 0. The fourth-order valence-corrected chi connectivity index (χ4v) is 4.37. The molecule has 0 saturated heterocycles. The number of nitrogens with one attached hydrogen (secondary N) is 1. The minimum absolute atomic E-state index is 0.0554. The van der Waals surface area contributed by atoms with Crippen LogP contribution < -0.4 is 19.7 Å². The van der Waals surface area contributed by atoms with Crippen LogP contribution in [0.25, 0.3) is 6.08 Å². The molecule has 0 spiro atoms. The molecule has 0 aliphatic carbocycles. The highest BCUT2D eigenvalue weighted by molar-refractivity contribution is 8.14. The number of amides is 2. The van der Waals surface area contributed by atoms with Crippen molar-refractivity contribution in [1.82, 2.24) is 0 Å². The quantitative estimate of drug-likeness (QED) is 0.512. The molecule has 0 radical (unpaired) electrons. The Balaban J connectivity index is 1.39. The third-order valence-electron chi connectivity index (χ3n) is 5.30. The number of benzene rings is 3. The number of nitrogens with zero attached hydrogens (tertiary/aromatic N) is 2. The number of thioether (sulfide) groups is 1. The van der Waals surface area contributed by atoms with Crippen molar-refractivity contribution in [2.24, 2.45) is 4.99 Å². The van der Waals surface area contributed by atoms with Crippen molar-refractivity contribution in [2.75, 3.05) is 22.8 Å². The van der Waals surface area contributed by atoms with Gasteiger partial charge in [0.2, 0.25) is 12.7 Å². The molecule has 0 atom stereocenters. The number of aryl methyl sites for hydroxylation is 1. The van der Waals surface area contributed by atoms with E-state index in [1.165, 1.54) is 17.0 Å². The van der Waals surface area contributed by atoms with Crippen LogP contribution >= 0.6 is 11.8 Å². The second-order valence-corrected chi connectivity index (χ2v) is 8.77. The second-order valence-electron chi connectivity index (χ2n) is 7.83. The van der Waals surface area contributed by atoms with Gasteiger partial charge in [0.25, 0.3) is 5.91 Å². The SMILES string of the molecule is Cc1ccc(N2C(=O)C(=Cc3ccc4c(c3)OCO4)N=C2SCC(=O)Nc2ccccc2F)cc1. The van der Waals surface area contributed by atoms with Gasteiger partial charge in [0, 0.05) is 0 Å². The van der Waals surface area contributed by atoms with E-state index in [0.29, 0.717) is 22.4 Å².